The van der Waals surface area contributed by atoms with Gasteiger partial charge in [-0.25, -0.2) is 4.79 Å². The van der Waals surface area contributed by atoms with Gasteiger partial charge in [0, 0.05) is 4.90 Å². The standard InChI is InChI=1S/C11H14N2O3S/c1-7(10(14)13-11(12)15)17-9-5-3-8(16-2)4-6-9/h3-7H,1-2H3,(H3,12,13,14,15)/t7-/m0/s1. The van der Waals surface area contributed by atoms with Gasteiger partial charge in [-0.1, -0.05) is 0 Å². The van der Waals surface area contributed by atoms with Crippen LogP contribution in [0.25, 0.3) is 0 Å². The van der Waals surface area contributed by atoms with Crippen LogP contribution in [-0.2, 0) is 4.79 Å². The number of imide groups is 1. The summed E-state index contributed by atoms with van der Waals surface area (Å²) in [6, 6.07) is 6.47. The predicted octanol–water partition coefficient (Wildman–Crippen LogP) is 1.37. The summed E-state index contributed by atoms with van der Waals surface area (Å²) >= 11 is 1.34. The highest BCUT2D eigenvalue weighted by atomic mass is 32.2. The van der Waals surface area contributed by atoms with E-state index in [2.05, 4.69) is 0 Å². The van der Waals surface area contributed by atoms with E-state index >= 15 is 0 Å². The van der Waals surface area contributed by atoms with Gasteiger partial charge in [0.05, 0.1) is 12.4 Å². The van der Waals surface area contributed by atoms with Crippen LogP contribution in [-0.4, -0.2) is 24.3 Å². The van der Waals surface area contributed by atoms with Gasteiger partial charge in [0.15, 0.2) is 0 Å². The Bertz CT molecular complexity index is 406. The highest BCUT2D eigenvalue weighted by molar-refractivity contribution is 8.00. The van der Waals surface area contributed by atoms with Gasteiger partial charge in [0.2, 0.25) is 5.91 Å². The fourth-order valence-corrected chi connectivity index (χ4v) is 2.00. The number of thioether (sulfide) groups is 1. The van der Waals surface area contributed by atoms with Crippen LogP contribution in [0.15, 0.2) is 29.2 Å². The molecular formula is C11H14N2O3S. The molecule has 6 heteroatoms. The number of amides is 3. The molecule has 1 aromatic rings. The minimum absolute atomic E-state index is 0.393. The summed E-state index contributed by atoms with van der Waals surface area (Å²) < 4.78 is 5.02. The normalized spacial score (nSPS) is 11.6. The first kappa shape index (κ1) is 13.4. The van der Waals surface area contributed by atoms with Crippen LogP contribution in [0, 0.1) is 0 Å². The number of primary amides is 1. The molecule has 5 nitrogen and oxygen atoms in total. The number of ether oxygens (including phenoxy) is 1. The van der Waals surface area contributed by atoms with Crippen molar-refractivity contribution in [2.75, 3.05) is 7.11 Å². The third-order valence-corrected chi connectivity index (χ3v) is 3.10. The molecule has 0 aliphatic heterocycles. The number of carbonyl (C=O) groups is 2. The SMILES string of the molecule is COc1ccc(S[C@@H](C)C(=O)NC(N)=O)cc1. The number of methoxy groups -OCH3 is 1. The summed E-state index contributed by atoms with van der Waals surface area (Å²) in [4.78, 5) is 22.9. The monoisotopic (exact) mass is 254 g/mol. The first-order valence-corrected chi connectivity index (χ1v) is 5.82. The maximum Gasteiger partial charge on any atom is 0.318 e. The Hall–Kier alpha value is -1.69. The van der Waals surface area contributed by atoms with E-state index in [1.54, 1.807) is 26.2 Å². The molecule has 3 amide bonds. The molecule has 0 fully saturated rings. The second-order valence-corrected chi connectivity index (χ2v) is 4.70. The van der Waals surface area contributed by atoms with Gasteiger partial charge in [-0.05, 0) is 31.2 Å². The zero-order valence-corrected chi connectivity index (χ0v) is 10.4. The number of rotatable bonds is 4. The number of hydrogen-bond acceptors (Lipinski definition) is 4. The highest BCUT2D eigenvalue weighted by Gasteiger charge is 2.15. The lowest BCUT2D eigenvalue weighted by Gasteiger charge is -2.10. The van der Waals surface area contributed by atoms with Crippen LogP contribution in [0.2, 0.25) is 0 Å². The molecule has 1 atom stereocenters. The molecule has 0 heterocycles. The molecule has 0 radical (unpaired) electrons. The van der Waals surface area contributed by atoms with Crippen molar-refractivity contribution in [3.05, 3.63) is 24.3 Å². The lowest BCUT2D eigenvalue weighted by atomic mass is 10.3. The smallest absolute Gasteiger partial charge is 0.318 e. The number of nitrogens with one attached hydrogen (secondary N) is 1. The van der Waals surface area contributed by atoms with Crippen LogP contribution >= 0.6 is 11.8 Å². The fraction of sp³-hybridized carbons (Fsp3) is 0.273. The summed E-state index contributed by atoms with van der Waals surface area (Å²) in [5, 5.41) is 1.65. The van der Waals surface area contributed by atoms with E-state index in [9.17, 15) is 9.59 Å². The van der Waals surface area contributed by atoms with Crippen molar-refractivity contribution < 1.29 is 14.3 Å². The van der Waals surface area contributed by atoms with E-state index in [1.807, 2.05) is 17.4 Å². The maximum atomic E-state index is 11.4. The molecule has 0 aliphatic rings. The van der Waals surface area contributed by atoms with E-state index in [-0.39, 0.29) is 0 Å². The summed E-state index contributed by atoms with van der Waals surface area (Å²) in [6.07, 6.45) is 0. The van der Waals surface area contributed by atoms with Crippen molar-refractivity contribution in [1.82, 2.24) is 5.32 Å². The molecule has 0 aliphatic carbocycles. The third-order valence-electron chi connectivity index (χ3n) is 1.99. The average Bonchev–Trinajstić information content (AvgIpc) is 2.29. The van der Waals surface area contributed by atoms with E-state index in [0.29, 0.717) is 0 Å². The van der Waals surface area contributed by atoms with E-state index in [1.165, 1.54) is 11.8 Å². The first-order chi connectivity index (χ1) is 8.02. The van der Waals surface area contributed by atoms with Crippen molar-refractivity contribution in [1.29, 1.82) is 0 Å². The van der Waals surface area contributed by atoms with Crippen LogP contribution in [0.1, 0.15) is 6.92 Å². The Balaban J connectivity index is 2.57. The molecule has 0 unspecified atom stereocenters. The molecule has 17 heavy (non-hydrogen) atoms. The largest absolute Gasteiger partial charge is 0.497 e. The van der Waals surface area contributed by atoms with Gasteiger partial charge in [-0.15, -0.1) is 11.8 Å². The Morgan fingerprint density at radius 2 is 1.94 bits per heavy atom. The molecule has 92 valence electrons. The lowest BCUT2D eigenvalue weighted by Crippen LogP contribution is -2.39. The van der Waals surface area contributed by atoms with Crippen molar-refractivity contribution in [2.45, 2.75) is 17.1 Å². The van der Waals surface area contributed by atoms with Crippen molar-refractivity contribution in [3.63, 3.8) is 0 Å². The highest BCUT2D eigenvalue weighted by Crippen LogP contribution is 2.25. The quantitative estimate of drug-likeness (QED) is 0.795. The van der Waals surface area contributed by atoms with E-state index < -0.39 is 17.2 Å². The Morgan fingerprint density at radius 1 is 1.35 bits per heavy atom. The van der Waals surface area contributed by atoms with E-state index in [4.69, 9.17) is 10.5 Å². The Kier molecular flexibility index (Phi) is 4.84. The van der Waals surface area contributed by atoms with Gasteiger partial charge < -0.3 is 10.5 Å². The number of nitrogens with two attached hydrogens (primary N) is 1. The molecule has 0 bridgehead atoms. The second kappa shape index (κ2) is 6.15. The fourth-order valence-electron chi connectivity index (χ4n) is 1.13. The third kappa shape index (κ3) is 4.36. The summed E-state index contributed by atoms with van der Waals surface area (Å²) in [5.41, 5.74) is 4.87. The summed E-state index contributed by atoms with van der Waals surface area (Å²) in [7, 11) is 1.59. The Morgan fingerprint density at radius 3 is 2.41 bits per heavy atom. The molecular weight excluding hydrogens is 240 g/mol. The van der Waals surface area contributed by atoms with Crippen LogP contribution in [0.3, 0.4) is 0 Å². The van der Waals surface area contributed by atoms with Crippen molar-refractivity contribution in [2.24, 2.45) is 5.73 Å². The van der Waals surface area contributed by atoms with Crippen LogP contribution < -0.4 is 15.8 Å². The zero-order valence-electron chi connectivity index (χ0n) is 9.60. The van der Waals surface area contributed by atoms with Crippen molar-refractivity contribution >= 4 is 23.7 Å². The van der Waals surface area contributed by atoms with E-state index in [0.717, 1.165) is 10.6 Å². The summed E-state index contributed by atoms with van der Waals surface area (Å²) in [6.45, 7) is 1.70. The predicted molar refractivity (Wildman–Crippen MR) is 66.0 cm³/mol. The molecule has 0 aromatic heterocycles. The molecule has 0 saturated carbocycles. The van der Waals surface area contributed by atoms with Crippen molar-refractivity contribution in [3.8, 4) is 5.75 Å². The minimum atomic E-state index is -0.836. The number of hydrogen-bond donors (Lipinski definition) is 2. The van der Waals surface area contributed by atoms with Gasteiger partial charge in [0.25, 0.3) is 0 Å². The van der Waals surface area contributed by atoms with Crippen LogP contribution in [0.5, 0.6) is 5.75 Å². The van der Waals surface area contributed by atoms with Crippen LogP contribution in [0.4, 0.5) is 4.79 Å². The van der Waals surface area contributed by atoms with Gasteiger partial charge in [-0.2, -0.15) is 0 Å². The number of carbonyl (C=O) groups excluding carboxylic acids is 2. The summed E-state index contributed by atoms with van der Waals surface area (Å²) in [5.74, 6) is 0.349. The molecule has 1 rings (SSSR count). The molecule has 0 saturated heterocycles. The maximum absolute atomic E-state index is 11.4. The average molecular weight is 254 g/mol. The number of urea groups is 1. The number of benzene rings is 1. The first-order valence-electron chi connectivity index (χ1n) is 4.94. The van der Waals surface area contributed by atoms with Gasteiger partial charge >= 0.3 is 6.03 Å². The zero-order chi connectivity index (χ0) is 12.8. The topological polar surface area (TPSA) is 81.4 Å². The molecule has 1 aromatic carbocycles. The van der Waals surface area contributed by atoms with Gasteiger partial charge in [0.1, 0.15) is 5.75 Å². The second-order valence-electron chi connectivity index (χ2n) is 3.29. The van der Waals surface area contributed by atoms with Gasteiger partial charge in [-0.3, -0.25) is 10.1 Å². The molecule has 0 spiro atoms. The lowest BCUT2D eigenvalue weighted by molar-refractivity contribution is -0.119. The molecule has 3 N–H and O–H groups in total. The Labute approximate surface area is 104 Å². The minimum Gasteiger partial charge on any atom is -0.497 e.